The van der Waals surface area contributed by atoms with E-state index in [0.29, 0.717) is 3.57 Å². The minimum Gasteiger partial charge on any atom is -0.326 e. The molecule has 5 heteroatoms. The van der Waals surface area contributed by atoms with Crippen LogP contribution in [0.2, 0.25) is 0 Å². The van der Waals surface area contributed by atoms with Crippen LogP contribution in [0.25, 0.3) is 11.0 Å². The van der Waals surface area contributed by atoms with E-state index >= 15 is 0 Å². The fourth-order valence-corrected chi connectivity index (χ4v) is 2.77. The van der Waals surface area contributed by atoms with E-state index in [1.54, 1.807) is 12.1 Å². The second-order valence-electron chi connectivity index (χ2n) is 5.94. The van der Waals surface area contributed by atoms with Crippen LogP contribution < -0.4 is 0 Å². The lowest BCUT2D eigenvalue weighted by molar-refractivity contribution is 0.294. The number of imidazole rings is 1. The van der Waals surface area contributed by atoms with Gasteiger partial charge >= 0.3 is 0 Å². The number of hydrogen-bond acceptors (Lipinski definition) is 1. The summed E-state index contributed by atoms with van der Waals surface area (Å²) in [4.78, 5) is 4.59. The summed E-state index contributed by atoms with van der Waals surface area (Å²) in [5, 5.41) is -0.198. The maximum atomic E-state index is 13.9. The summed E-state index contributed by atoms with van der Waals surface area (Å²) in [6, 6.07) is 3.35. The van der Waals surface area contributed by atoms with Crippen LogP contribution in [-0.4, -0.2) is 9.55 Å². The second kappa shape index (κ2) is 5.79. The second-order valence-corrected chi connectivity index (χ2v) is 7.76. The topological polar surface area (TPSA) is 17.8 Å². The Hall–Kier alpha value is -0.360. The van der Waals surface area contributed by atoms with E-state index in [2.05, 4.69) is 30.3 Å². The van der Waals surface area contributed by atoms with Gasteiger partial charge in [-0.3, -0.25) is 0 Å². The third-order valence-corrected chi connectivity index (χ3v) is 4.74. The number of nitrogens with zero attached hydrogens (tertiary/aromatic N) is 2. The van der Waals surface area contributed by atoms with E-state index in [1.165, 1.54) is 0 Å². The summed E-state index contributed by atoms with van der Waals surface area (Å²) in [7, 11) is 0. The molecule has 0 amide bonds. The summed E-state index contributed by atoms with van der Waals surface area (Å²) in [6.45, 7) is 9.24. The summed E-state index contributed by atoms with van der Waals surface area (Å²) < 4.78 is 16.5. The molecule has 1 aromatic heterocycles. The van der Waals surface area contributed by atoms with Gasteiger partial charge in [-0.15, -0.1) is 11.6 Å². The number of halogens is 3. The molecule has 0 fully saturated rings. The molecule has 2 nitrogen and oxygen atoms in total. The first-order valence-electron chi connectivity index (χ1n) is 6.74. The molecule has 1 heterocycles. The lowest BCUT2D eigenvalue weighted by Crippen LogP contribution is -2.20. The first kappa shape index (κ1) is 16.0. The Bertz CT molecular complexity index is 634. The zero-order valence-corrected chi connectivity index (χ0v) is 15.1. The van der Waals surface area contributed by atoms with Gasteiger partial charge in [-0.05, 0) is 47.4 Å². The Kier molecular flexibility index (Phi) is 4.64. The van der Waals surface area contributed by atoms with Crippen molar-refractivity contribution in [2.75, 3.05) is 0 Å². The molecular weight excluding hydrogens is 390 g/mol. The minimum absolute atomic E-state index is 0.119. The predicted molar refractivity (Wildman–Crippen MR) is 90.7 cm³/mol. The molecule has 2 rings (SSSR count). The largest absolute Gasteiger partial charge is 0.326 e. The van der Waals surface area contributed by atoms with E-state index in [1.807, 2.05) is 29.5 Å². The molecule has 1 unspecified atom stereocenters. The number of rotatable bonds is 4. The van der Waals surface area contributed by atoms with Crippen molar-refractivity contribution < 1.29 is 4.39 Å². The third-order valence-electron chi connectivity index (χ3n) is 3.72. The first-order chi connectivity index (χ1) is 9.25. The molecule has 0 aliphatic carbocycles. The van der Waals surface area contributed by atoms with Crippen molar-refractivity contribution in [1.29, 1.82) is 0 Å². The SMILES string of the molecule is CCC(C)(C)Cn1c(C(C)Cl)nc2cc(I)c(F)cc21. The van der Waals surface area contributed by atoms with Crippen LogP contribution in [0.4, 0.5) is 4.39 Å². The van der Waals surface area contributed by atoms with Gasteiger partial charge in [-0.1, -0.05) is 20.8 Å². The van der Waals surface area contributed by atoms with Crippen LogP contribution in [0.1, 0.15) is 45.3 Å². The molecule has 0 aliphatic heterocycles. The number of fused-ring (bicyclic) bond motifs is 1. The van der Waals surface area contributed by atoms with Gasteiger partial charge in [-0.2, -0.15) is 0 Å². The van der Waals surface area contributed by atoms with Gasteiger partial charge < -0.3 is 4.57 Å². The van der Waals surface area contributed by atoms with Crippen LogP contribution in [0, 0.1) is 14.8 Å². The summed E-state index contributed by atoms with van der Waals surface area (Å²) in [5.41, 5.74) is 1.75. The minimum atomic E-state index is -0.206. The zero-order valence-electron chi connectivity index (χ0n) is 12.2. The average Bonchev–Trinajstić information content (AvgIpc) is 2.68. The van der Waals surface area contributed by atoms with Crippen LogP contribution in [0.15, 0.2) is 12.1 Å². The highest BCUT2D eigenvalue weighted by Crippen LogP contribution is 2.31. The van der Waals surface area contributed by atoms with E-state index in [4.69, 9.17) is 11.6 Å². The smallest absolute Gasteiger partial charge is 0.138 e. The van der Waals surface area contributed by atoms with E-state index in [-0.39, 0.29) is 16.6 Å². The maximum absolute atomic E-state index is 13.9. The molecule has 20 heavy (non-hydrogen) atoms. The molecule has 0 saturated carbocycles. The lowest BCUT2D eigenvalue weighted by Gasteiger charge is -2.25. The highest BCUT2D eigenvalue weighted by Gasteiger charge is 2.22. The Balaban J connectivity index is 2.65. The lowest BCUT2D eigenvalue weighted by atomic mass is 9.90. The molecule has 0 bridgehead atoms. The van der Waals surface area contributed by atoms with Crippen LogP contribution >= 0.6 is 34.2 Å². The van der Waals surface area contributed by atoms with Gasteiger partial charge in [0.25, 0.3) is 0 Å². The van der Waals surface area contributed by atoms with Gasteiger partial charge in [0.05, 0.1) is 20.0 Å². The van der Waals surface area contributed by atoms with Crippen LogP contribution in [0.3, 0.4) is 0 Å². The molecule has 0 saturated heterocycles. The molecule has 1 atom stereocenters. The van der Waals surface area contributed by atoms with E-state index in [0.717, 1.165) is 29.8 Å². The van der Waals surface area contributed by atoms with Crippen molar-refractivity contribution in [3.8, 4) is 0 Å². The van der Waals surface area contributed by atoms with Gasteiger partial charge in [0.2, 0.25) is 0 Å². The molecule has 0 N–H and O–H groups in total. The zero-order chi connectivity index (χ0) is 15.1. The number of benzene rings is 1. The van der Waals surface area contributed by atoms with Crippen LogP contribution in [-0.2, 0) is 6.54 Å². The summed E-state index contributed by atoms with van der Waals surface area (Å²) in [6.07, 6.45) is 1.04. The Morgan fingerprint density at radius 2 is 2.10 bits per heavy atom. The van der Waals surface area contributed by atoms with E-state index < -0.39 is 0 Å². The van der Waals surface area contributed by atoms with Gasteiger partial charge in [-0.25, -0.2) is 9.37 Å². The molecule has 2 aromatic rings. The number of alkyl halides is 1. The van der Waals surface area contributed by atoms with Gasteiger partial charge in [0, 0.05) is 12.6 Å². The van der Waals surface area contributed by atoms with Crippen molar-refractivity contribution in [2.45, 2.75) is 46.0 Å². The van der Waals surface area contributed by atoms with Crippen molar-refractivity contribution in [2.24, 2.45) is 5.41 Å². The van der Waals surface area contributed by atoms with Crippen molar-refractivity contribution >= 4 is 45.2 Å². The standard InChI is InChI=1S/C15H19ClFIN2/c1-5-15(3,4)8-20-13-6-10(17)11(18)7-12(13)19-14(20)9(2)16/h6-7,9H,5,8H2,1-4H3. The van der Waals surface area contributed by atoms with Gasteiger partial charge in [0.15, 0.2) is 0 Å². The summed E-state index contributed by atoms with van der Waals surface area (Å²) in [5.74, 6) is 0.604. The monoisotopic (exact) mass is 408 g/mol. The fourth-order valence-electron chi connectivity index (χ4n) is 2.15. The molecule has 0 radical (unpaired) electrons. The van der Waals surface area contributed by atoms with Crippen molar-refractivity contribution in [3.63, 3.8) is 0 Å². The maximum Gasteiger partial charge on any atom is 0.138 e. The number of aromatic nitrogens is 2. The molecule has 0 spiro atoms. The van der Waals surface area contributed by atoms with E-state index in [9.17, 15) is 4.39 Å². The highest BCUT2D eigenvalue weighted by molar-refractivity contribution is 14.1. The van der Waals surface area contributed by atoms with Gasteiger partial charge in [0.1, 0.15) is 11.6 Å². The average molecular weight is 409 g/mol. The first-order valence-corrected chi connectivity index (χ1v) is 8.26. The Morgan fingerprint density at radius 3 is 2.65 bits per heavy atom. The normalized spacial score (nSPS) is 13.9. The summed E-state index contributed by atoms with van der Waals surface area (Å²) >= 11 is 8.24. The quantitative estimate of drug-likeness (QED) is 0.481. The molecular formula is C15H19ClFIN2. The Labute approximate surface area is 137 Å². The fraction of sp³-hybridized carbons (Fsp3) is 0.533. The van der Waals surface area contributed by atoms with Crippen molar-refractivity contribution in [3.05, 3.63) is 27.3 Å². The highest BCUT2D eigenvalue weighted by atomic mass is 127. The molecule has 110 valence electrons. The number of hydrogen-bond donors (Lipinski definition) is 0. The van der Waals surface area contributed by atoms with Crippen molar-refractivity contribution in [1.82, 2.24) is 9.55 Å². The molecule has 1 aromatic carbocycles. The predicted octanol–water partition coefficient (Wildman–Crippen LogP) is 5.52. The van der Waals surface area contributed by atoms with Crippen LogP contribution in [0.5, 0.6) is 0 Å². The third kappa shape index (κ3) is 3.11. The Morgan fingerprint density at radius 1 is 1.45 bits per heavy atom. The molecule has 0 aliphatic rings.